The number of piperazine rings is 1. The molecule has 0 spiro atoms. The van der Waals surface area contributed by atoms with Crippen LogP contribution in [0.2, 0.25) is 0 Å². The zero-order valence-corrected chi connectivity index (χ0v) is 16.6. The van der Waals surface area contributed by atoms with Crippen molar-refractivity contribution in [2.24, 2.45) is 0 Å². The van der Waals surface area contributed by atoms with Crippen molar-refractivity contribution in [2.45, 2.75) is 6.92 Å². The molecule has 0 bridgehead atoms. The summed E-state index contributed by atoms with van der Waals surface area (Å²) in [6, 6.07) is 8.06. The summed E-state index contributed by atoms with van der Waals surface area (Å²) in [6.07, 6.45) is 3.60. The second-order valence-electron chi connectivity index (χ2n) is 6.76. The summed E-state index contributed by atoms with van der Waals surface area (Å²) in [5, 5.41) is 2.10. The molecule has 0 unspecified atom stereocenters. The van der Waals surface area contributed by atoms with Gasteiger partial charge in [-0.25, -0.2) is 15.0 Å². The molecule has 4 aromatic rings. The molecule has 7 nitrogen and oxygen atoms in total. The van der Waals surface area contributed by atoms with Gasteiger partial charge in [-0.3, -0.25) is 4.98 Å². The van der Waals surface area contributed by atoms with Gasteiger partial charge in [-0.2, -0.15) is 0 Å². The number of aromatic nitrogens is 4. The van der Waals surface area contributed by atoms with Crippen LogP contribution >= 0.6 is 11.3 Å². The van der Waals surface area contributed by atoms with Gasteiger partial charge in [-0.1, -0.05) is 17.4 Å². The quantitative estimate of drug-likeness (QED) is 0.530. The number of rotatable bonds is 3. The van der Waals surface area contributed by atoms with E-state index in [1.807, 2.05) is 25.1 Å². The van der Waals surface area contributed by atoms with Gasteiger partial charge >= 0.3 is 0 Å². The van der Waals surface area contributed by atoms with Gasteiger partial charge < -0.3 is 14.5 Å². The summed E-state index contributed by atoms with van der Waals surface area (Å²) in [5.41, 5.74) is 1.84. The number of pyridine rings is 1. The average Bonchev–Trinajstić information content (AvgIpc) is 3.17. The maximum absolute atomic E-state index is 5.45. The van der Waals surface area contributed by atoms with Gasteiger partial charge in [0.15, 0.2) is 5.13 Å². The van der Waals surface area contributed by atoms with E-state index in [2.05, 4.69) is 25.8 Å². The van der Waals surface area contributed by atoms with Crippen LogP contribution in [-0.2, 0) is 0 Å². The van der Waals surface area contributed by atoms with Gasteiger partial charge in [0.2, 0.25) is 0 Å². The number of aryl methyl sites for hydroxylation is 1. The summed E-state index contributed by atoms with van der Waals surface area (Å²) in [5.74, 6) is 2.60. The third-order valence-electron chi connectivity index (χ3n) is 5.03. The fraction of sp³-hybridized carbons (Fsp3) is 0.300. The van der Waals surface area contributed by atoms with Crippen LogP contribution in [0.3, 0.4) is 0 Å². The van der Waals surface area contributed by atoms with Gasteiger partial charge in [0.05, 0.1) is 23.5 Å². The maximum Gasteiger partial charge on any atom is 0.186 e. The van der Waals surface area contributed by atoms with E-state index in [4.69, 9.17) is 14.7 Å². The zero-order chi connectivity index (χ0) is 19.1. The zero-order valence-electron chi connectivity index (χ0n) is 15.8. The van der Waals surface area contributed by atoms with Crippen molar-refractivity contribution < 1.29 is 4.74 Å². The first-order chi connectivity index (χ1) is 13.7. The van der Waals surface area contributed by atoms with E-state index in [-0.39, 0.29) is 0 Å². The number of methoxy groups -OCH3 is 1. The minimum absolute atomic E-state index is 0.774. The molecule has 1 saturated heterocycles. The van der Waals surface area contributed by atoms with Crippen molar-refractivity contribution in [1.29, 1.82) is 0 Å². The van der Waals surface area contributed by atoms with Crippen LogP contribution in [0, 0.1) is 6.92 Å². The molecule has 5 rings (SSSR count). The summed E-state index contributed by atoms with van der Waals surface area (Å²) >= 11 is 1.72. The summed E-state index contributed by atoms with van der Waals surface area (Å²) < 4.78 is 6.61. The Balaban J connectivity index is 1.40. The first kappa shape index (κ1) is 17.1. The summed E-state index contributed by atoms with van der Waals surface area (Å²) in [4.78, 5) is 22.9. The minimum Gasteiger partial charge on any atom is -0.494 e. The predicted molar refractivity (Wildman–Crippen MR) is 113 cm³/mol. The third kappa shape index (κ3) is 2.90. The highest BCUT2D eigenvalue weighted by Crippen LogP contribution is 2.34. The topological polar surface area (TPSA) is 67.3 Å². The van der Waals surface area contributed by atoms with E-state index in [0.29, 0.717) is 0 Å². The van der Waals surface area contributed by atoms with Gasteiger partial charge in [-0.15, -0.1) is 0 Å². The van der Waals surface area contributed by atoms with Crippen LogP contribution in [0.15, 0.2) is 36.7 Å². The van der Waals surface area contributed by atoms with Crippen molar-refractivity contribution in [3.05, 3.63) is 42.5 Å². The first-order valence-corrected chi connectivity index (χ1v) is 10.1. The fourth-order valence-corrected chi connectivity index (χ4v) is 4.67. The molecule has 1 aliphatic rings. The predicted octanol–water partition coefficient (Wildman–Crippen LogP) is 3.28. The summed E-state index contributed by atoms with van der Waals surface area (Å²) in [6.45, 7) is 5.51. The van der Waals surface area contributed by atoms with E-state index >= 15 is 0 Å². The molecule has 1 aliphatic heterocycles. The number of para-hydroxylation sites is 1. The molecule has 4 heterocycles. The molecule has 0 saturated carbocycles. The molecule has 0 atom stereocenters. The van der Waals surface area contributed by atoms with Crippen molar-refractivity contribution in [1.82, 2.24) is 19.9 Å². The van der Waals surface area contributed by atoms with Gasteiger partial charge in [0.1, 0.15) is 22.9 Å². The smallest absolute Gasteiger partial charge is 0.186 e. The highest BCUT2D eigenvalue weighted by molar-refractivity contribution is 7.22. The Labute approximate surface area is 166 Å². The standard InChI is InChI=1S/C20H20N6OS/c1-13-22-15-12-21-7-6-14(15)19(23-13)25-8-10-26(11-9-25)20-24-18-16(27-2)4-3-5-17(18)28-20/h3-7,12H,8-11H2,1-2H3. The van der Waals surface area contributed by atoms with Gasteiger partial charge in [0, 0.05) is 37.8 Å². The van der Waals surface area contributed by atoms with E-state index in [1.54, 1.807) is 30.8 Å². The maximum atomic E-state index is 5.45. The van der Waals surface area contributed by atoms with E-state index in [1.165, 1.54) is 0 Å². The SMILES string of the molecule is COc1cccc2sc(N3CCN(c4nc(C)nc5cnccc45)CC3)nc12. The van der Waals surface area contributed by atoms with Crippen LogP contribution in [0.5, 0.6) is 5.75 Å². The molecule has 0 aliphatic carbocycles. The van der Waals surface area contributed by atoms with Crippen LogP contribution in [-0.4, -0.2) is 53.2 Å². The minimum atomic E-state index is 0.774. The molecule has 0 radical (unpaired) electrons. The number of hydrogen-bond acceptors (Lipinski definition) is 8. The lowest BCUT2D eigenvalue weighted by Crippen LogP contribution is -2.47. The van der Waals surface area contributed by atoms with E-state index in [0.717, 1.165) is 69.8 Å². The fourth-order valence-electron chi connectivity index (χ4n) is 3.64. The summed E-state index contributed by atoms with van der Waals surface area (Å²) in [7, 11) is 1.69. The Morgan fingerprint density at radius 3 is 2.64 bits per heavy atom. The van der Waals surface area contributed by atoms with E-state index in [9.17, 15) is 0 Å². The Hall–Kier alpha value is -3.00. The molecule has 8 heteroatoms. The molecule has 0 N–H and O–H groups in total. The molecule has 28 heavy (non-hydrogen) atoms. The molecule has 142 valence electrons. The Morgan fingerprint density at radius 2 is 1.82 bits per heavy atom. The lowest BCUT2D eigenvalue weighted by atomic mass is 10.2. The average molecular weight is 392 g/mol. The Bertz CT molecular complexity index is 1150. The number of fused-ring (bicyclic) bond motifs is 2. The number of nitrogens with zero attached hydrogens (tertiary/aromatic N) is 6. The van der Waals surface area contributed by atoms with Crippen molar-refractivity contribution in [2.75, 3.05) is 43.1 Å². The van der Waals surface area contributed by atoms with Crippen molar-refractivity contribution in [3.8, 4) is 5.75 Å². The highest BCUT2D eigenvalue weighted by atomic mass is 32.1. The number of benzene rings is 1. The van der Waals surface area contributed by atoms with Crippen LogP contribution < -0.4 is 14.5 Å². The lowest BCUT2D eigenvalue weighted by Gasteiger charge is -2.35. The van der Waals surface area contributed by atoms with Crippen molar-refractivity contribution in [3.63, 3.8) is 0 Å². The monoisotopic (exact) mass is 392 g/mol. The Morgan fingerprint density at radius 1 is 1.00 bits per heavy atom. The van der Waals surface area contributed by atoms with Gasteiger partial charge in [0.25, 0.3) is 0 Å². The normalized spacial score (nSPS) is 14.8. The number of thiazole rings is 1. The van der Waals surface area contributed by atoms with Gasteiger partial charge in [-0.05, 0) is 25.1 Å². The second-order valence-corrected chi connectivity index (χ2v) is 7.77. The van der Waals surface area contributed by atoms with Crippen LogP contribution in [0.4, 0.5) is 10.9 Å². The molecule has 0 amide bonds. The lowest BCUT2D eigenvalue weighted by molar-refractivity contribution is 0.419. The second kappa shape index (κ2) is 6.87. The van der Waals surface area contributed by atoms with E-state index < -0.39 is 0 Å². The third-order valence-corrected chi connectivity index (χ3v) is 6.11. The number of ether oxygens (including phenoxy) is 1. The first-order valence-electron chi connectivity index (χ1n) is 9.25. The molecule has 1 aromatic carbocycles. The Kier molecular flexibility index (Phi) is 4.20. The molecule has 3 aromatic heterocycles. The van der Waals surface area contributed by atoms with Crippen molar-refractivity contribution >= 4 is 43.4 Å². The largest absolute Gasteiger partial charge is 0.494 e. The number of hydrogen-bond donors (Lipinski definition) is 0. The molecular formula is C20H20N6OS. The van der Waals surface area contributed by atoms with Crippen LogP contribution in [0.25, 0.3) is 21.1 Å². The number of anilines is 2. The van der Waals surface area contributed by atoms with Crippen LogP contribution in [0.1, 0.15) is 5.82 Å². The molecular weight excluding hydrogens is 372 g/mol. The molecule has 1 fully saturated rings. The highest BCUT2D eigenvalue weighted by Gasteiger charge is 2.23.